The van der Waals surface area contributed by atoms with Crippen molar-refractivity contribution in [3.63, 3.8) is 0 Å². The maximum atomic E-state index is 6.78. The first-order chi connectivity index (χ1) is 13.7. The van der Waals surface area contributed by atoms with E-state index in [0.29, 0.717) is 0 Å². The third-order valence-corrected chi connectivity index (χ3v) is 7.24. The molecule has 156 valence electrons. The van der Waals surface area contributed by atoms with Crippen molar-refractivity contribution in [2.45, 2.75) is 72.4 Å². The van der Waals surface area contributed by atoms with E-state index in [0.717, 1.165) is 47.4 Å². The molecule has 0 saturated carbocycles. The van der Waals surface area contributed by atoms with Crippen LogP contribution in [-0.2, 0) is 5.41 Å². The van der Waals surface area contributed by atoms with E-state index < -0.39 is 0 Å². The van der Waals surface area contributed by atoms with Crippen LogP contribution in [0.1, 0.15) is 64.2 Å². The molecule has 1 aliphatic rings. The van der Waals surface area contributed by atoms with Gasteiger partial charge in [-0.25, -0.2) is 4.48 Å². The van der Waals surface area contributed by atoms with Crippen molar-refractivity contribution in [3.05, 3.63) is 53.1 Å². The highest BCUT2D eigenvalue weighted by atomic mass is 16.5. The molecule has 29 heavy (non-hydrogen) atoms. The Bertz CT molecular complexity index is 920. The van der Waals surface area contributed by atoms with Crippen molar-refractivity contribution in [1.82, 2.24) is 4.48 Å². The van der Waals surface area contributed by atoms with Crippen LogP contribution in [0.15, 0.2) is 41.5 Å². The number of benzene rings is 2. The van der Waals surface area contributed by atoms with Gasteiger partial charge in [0, 0.05) is 18.6 Å². The molecular formula is C25H37N3O+2. The van der Waals surface area contributed by atoms with Gasteiger partial charge in [0.05, 0.1) is 6.54 Å². The molecule has 1 aliphatic heterocycles. The Morgan fingerprint density at radius 1 is 1.07 bits per heavy atom. The number of aryl methyl sites for hydroxylation is 2. The van der Waals surface area contributed by atoms with Crippen LogP contribution in [0.5, 0.6) is 5.75 Å². The van der Waals surface area contributed by atoms with Gasteiger partial charge in [-0.15, -0.1) is 0 Å². The molecule has 2 aromatic carbocycles. The average molecular weight is 396 g/mol. The van der Waals surface area contributed by atoms with Gasteiger partial charge in [-0.3, -0.25) is 0 Å². The first-order valence-electron chi connectivity index (χ1n) is 10.9. The predicted octanol–water partition coefficient (Wildman–Crippen LogP) is 5.36. The van der Waals surface area contributed by atoms with Gasteiger partial charge >= 0.3 is 0 Å². The van der Waals surface area contributed by atoms with E-state index in [4.69, 9.17) is 10.3 Å². The summed E-state index contributed by atoms with van der Waals surface area (Å²) in [4.78, 5) is 0. The van der Waals surface area contributed by atoms with E-state index in [9.17, 15) is 0 Å². The lowest BCUT2D eigenvalue weighted by atomic mass is 9.81. The van der Waals surface area contributed by atoms with Crippen LogP contribution in [0.2, 0.25) is 0 Å². The van der Waals surface area contributed by atoms with Gasteiger partial charge in [-0.1, -0.05) is 39.8 Å². The fourth-order valence-corrected chi connectivity index (χ4v) is 4.55. The van der Waals surface area contributed by atoms with Gasteiger partial charge in [0.15, 0.2) is 6.54 Å². The second-order valence-electron chi connectivity index (χ2n) is 9.16. The Balaban J connectivity index is 1.94. The molecule has 1 fully saturated rings. The number of nitrogens with zero attached hydrogens (tertiary/aromatic N) is 2. The molecule has 4 heteroatoms. The first kappa shape index (κ1) is 21.5. The van der Waals surface area contributed by atoms with E-state index >= 15 is 0 Å². The van der Waals surface area contributed by atoms with Crippen LogP contribution in [0.4, 0.5) is 11.4 Å². The standard InChI is InChI=1S/C25H36N3O/c1-8-24(6,7)20-11-14-23(19(5)15-20)29-25(9-2)17-28(25,10-3)21-12-13-22(27-26)18(4)16-21/h11-16,26H,8-10,17H2,1-7H3/q+1/p+1. The number of hydrogen-bond acceptors (Lipinski definition) is 2. The number of likely N-dealkylation sites (N-methyl/N-ethyl adjacent to an activating group) is 1. The van der Waals surface area contributed by atoms with E-state index in [1.165, 1.54) is 16.8 Å². The fraction of sp³-hybridized carbons (Fsp3) is 0.520. The first-order valence-corrected chi connectivity index (χ1v) is 10.9. The maximum Gasteiger partial charge on any atom is 0.297 e. The summed E-state index contributed by atoms with van der Waals surface area (Å²) in [5.41, 5.74) is 11.3. The van der Waals surface area contributed by atoms with Crippen LogP contribution >= 0.6 is 0 Å². The molecule has 0 aliphatic carbocycles. The van der Waals surface area contributed by atoms with Crippen molar-refractivity contribution in [2.24, 2.45) is 5.11 Å². The third-order valence-electron chi connectivity index (χ3n) is 7.24. The van der Waals surface area contributed by atoms with Crippen LogP contribution in [-0.4, -0.2) is 18.8 Å². The molecule has 2 aromatic rings. The topological polar surface area (TPSA) is 47.2 Å². The van der Waals surface area contributed by atoms with Crippen molar-refractivity contribution >= 4 is 11.4 Å². The molecule has 3 rings (SSSR count). The predicted molar refractivity (Wildman–Crippen MR) is 121 cm³/mol. The molecule has 4 nitrogen and oxygen atoms in total. The summed E-state index contributed by atoms with van der Waals surface area (Å²) < 4.78 is 7.62. The Labute approximate surface area is 176 Å². The molecule has 2 N–H and O–H groups in total. The number of rotatable bonds is 8. The van der Waals surface area contributed by atoms with E-state index in [1.807, 2.05) is 6.07 Å². The number of quaternary nitrogens is 1. The summed E-state index contributed by atoms with van der Waals surface area (Å²) in [5, 5.41) is 3.87. The van der Waals surface area contributed by atoms with Gasteiger partial charge in [0.2, 0.25) is 0 Å². The Morgan fingerprint density at radius 3 is 2.31 bits per heavy atom. The second kappa shape index (κ2) is 7.56. The monoisotopic (exact) mass is 395 g/mol. The van der Waals surface area contributed by atoms with Crippen LogP contribution < -0.4 is 14.8 Å². The van der Waals surface area contributed by atoms with Gasteiger partial charge in [-0.2, -0.15) is 5.53 Å². The molecule has 0 bridgehead atoms. The average Bonchev–Trinajstić information content (AvgIpc) is 3.38. The molecule has 0 spiro atoms. The fourth-order valence-electron chi connectivity index (χ4n) is 4.55. The van der Waals surface area contributed by atoms with Crippen LogP contribution in [0.3, 0.4) is 0 Å². The molecule has 0 amide bonds. The van der Waals surface area contributed by atoms with Crippen molar-refractivity contribution < 1.29 is 10.3 Å². The lowest BCUT2D eigenvalue weighted by Crippen LogP contribution is -2.40. The van der Waals surface area contributed by atoms with Crippen molar-refractivity contribution in [1.29, 1.82) is 0 Å². The summed E-state index contributed by atoms with van der Waals surface area (Å²) >= 11 is 0. The Kier molecular flexibility index (Phi) is 5.61. The minimum atomic E-state index is -0.213. The molecule has 2 unspecified atom stereocenters. The highest BCUT2D eigenvalue weighted by molar-refractivity contribution is 5.59. The largest absolute Gasteiger partial charge is 0.434 e. The zero-order valence-corrected chi connectivity index (χ0v) is 19.2. The maximum absolute atomic E-state index is 6.78. The Hall–Kier alpha value is -2.20. The lowest BCUT2D eigenvalue weighted by Gasteiger charge is -2.27. The number of nitrogens with two attached hydrogens (primary N) is 1. The van der Waals surface area contributed by atoms with Crippen molar-refractivity contribution in [3.8, 4) is 5.75 Å². The van der Waals surface area contributed by atoms with E-state index in [2.05, 4.69) is 83.9 Å². The van der Waals surface area contributed by atoms with E-state index in [-0.39, 0.29) is 11.1 Å². The zero-order chi connectivity index (χ0) is 21.4. The van der Waals surface area contributed by atoms with Gasteiger partial charge < -0.3 is 4.74 Å². The molecule has 0 aromatic heterocycles. The number of ether oxygens (including phenoxy) is 1. The highest BCUT2D eigenvalue weighted by Crippen LogP contribution is 2.51. The summed E-state index contributed by atoms with van der Waals surface area (Å²) in [6, 6.07) is 13.1. The van der Waals surface area contributed by atoms with E-state index in [1.54, 1.807) is 0 Å². The molecule has 2 atom stereocenters. The lowest BCUT2D eigenvalue weighted by molar-refractivity contribution is -0.210. The summed E-state index contributed by atoms with van der Waals surface area (Å²) in [5.74, 6) is 1.00. The minimum absolute atomic E-state index is 0.182. The molecule has 0 radical (unpaired) electrons. The Morgan fingerprint density at radius 2 is 1.79 bits per heavy atom. The smallest absolute Gasteiger partial charge is 0.297 e. The highest BCUT2D eigenvalue weighted by Gasteiger charge is 2.72. The second-order valence-corrected chi connectivity index (χ2v) is 9.16. The van der Waals surface area contributed by atoms with Crippen molar-refractivity contribution in [2.75, 3.05) is 13.1 Å². The minimum Gasteiger partial charge on any atom is -0.434 e. The van der Waals surface area contributed by atoms with Crippen LogP contribution in [0, 0.1) is 13.8 Å². The quantitative estimate of drug-likeness (QED) is 0.365. The normalized spacial score (nSPS) is 23.7. The molecule has 1 heterocycles. The summed E-state index contributed by atoms with van der Waals surface area (Å²) in [6.07, 6.45) is 2.08. The zero-order valence-electron chi connectivity index (χ0n) is 19.2. The third kappa shape index (κ3) is 3.48. The summed E-state index contributed by atoms with van der Waals surface area (Å²) in [7, 11) is 0. The molecular weight excluding hydrogens is 358 g/mol. The van der Waals surface area contributed by atoms with Gasteiger partial charge in [0.1, 0.15) is 17.1 Å². The van der Waals surface area contributed by atoms with Gasteiger partial charge in [0.25, 0.3) is 5.72 Å². The summed E-state index contributed by atoms with van der Waals surface area (Å²) in [6.45, 7) is 17.5. The molecule has 1 saturated heterocycles. The SMILES string of the molecule is CCC(C)(C)c1ccc(OC2(CC)C[N+]2(CC)c2ccc(N=[NH2+])c(C)c2)c(C)c1. The number of hydrogen-bond donors (Lipinski definition) is 1. The van der Waals surface area contributed by atoms with Crippen LogP contribution in [0.25, 0.3) is 0 Å². The van der Waals surface area contributed by atoms with Gasteiger partial charge in [-0.05, 0) is 66.5 Å².